The minimum Gasteiger partial charge on any atom is -0.478 e. The number of nitrogens with zero attached hydrogens (tertiary/aromatic N) is 3. The van der Waals surface area contributed by atoms with Crippen molar-refractivity contribution in [3.05, 3.63) is 59.2 Å². The SMILES string of the molecule is CN1CCC2(CCN(c3cccc4c3CCN(C(=O)C(F)(F)F)C4C(=O)Nc3ccc(C(=O)O)cc3)CC2)C1=O. The molecular weight excluding hydrogens is 529 g/mol. The highest BCUT2D eigenvalue weighted by Gasteiger charge is 2.49. The number of carbonyl (C=O) groups is 4. The van der Waals surface area contributed by atoms with Gasteiger partial charge in [0.2, 0.25) is 5.91 Å². The first-order valence-electron chi connectivity index (χ1n) is 13.1. The average molecular weight is 559 g/mol. The van der Waals surface area contributed by atoms with Crippen LogP contribution in [-0.2, 0) is 20.8 Å². The number of nitrogens with one attached hydrogen (secondary N) is 1. The van der Waals surface area contributed by atoms with Gasteiger partial charge in [-0.2, -0.15) is 13.2 Å². The number of fused-ring (bicyclic) bond motifs is 1. The molecule has 3 aliphatic heterocycles. The molecule has 0 bridgehead atoms. The molecule has 9 nitrogen and oxygen atoms in total. The average Bonchev–Trinajstić information content (AvgIpc) is 3.20. The zero-order chi connectivity index (χ0) is 28.8. The first-order chi connectivity index (χ1) is 18.9. The van der Waals surface area contributed by atoms with Gasteiger partial charge in [-0.25, -0.2) is 4.79 Å². The lowest BCUT2D eigenvalue weighted by molar-refractivity contribution is -0.188. The number of hydrogen-bond donors (Lipinski definition) is 2. The van der Waals surface area contributed by atoms with E-state index >= 15 is 0 Å². The van der Waals surface area contributed by atoms with Gasteiger partial charge >= 0.3 is 18.1 Å². The summed E-state index contributed by atoms with van der Waals surface area (Å²) in [5.41, 5.74) is 1.57. The van der Waals surface area contributed by atoms with Crippen molar-refractivity contribution >= 4 is 35.1 Å². The Kier molecular flexibility index (Phi) is 6.97. The number of amides is 3. The largest absolute Gasteiger partial charge is 0.478 e. The summed E-state index contributed by atoms with van der Waals surface area (Å²) in [7, 11) is 1.80. The van der Waals surface area contributed by atoms with Crippen molar-refractivity contribution in [1.29, 1.82) is 0 Å². The summed E-state index contributed by atoms with van der Waals surface area (Å²) in [4.78, 5) is 54.2. The molecule has 2 aromatic carbocycles. The van der Waals surface area contributed by atoms with Crippen LogP contribution in [0.2, 0.25) is 0 Å². The first kappa shape index (κ1) is 27.5. The van der Waals surface area contributed by atoms with Crippen molar-refractivity contribution in [2.24, 2.45) is 5.41 Å². The van der Waals surface area contributed by atoms with Crippen molar-refractivity contribution in [2.45, 2.75) is 37.9 Å². The Hall–Kier alpha value is -4.09. The molecule has 2 N–H and O–H groups in total. The molecule has 12 heteroatoms. The second-order valence-corrected chi connectivity index (χ2v) is 10.6. The second kappa shape index (κ2) is 10.1. The van der Waals surface area contributed by atoms with Crippen LogP contribution in [0.25, 0.3) is 0 Å². The quantitative estimate of drug-likeness (QED) is 0.595. The van der Waals surface area contributed by atoms with Crippen LogP contribution in [0.5, 0.6) is 0 Å². The topological polar surface area (TPSA) is 110 Å². The van der Waals surface area contributed by atoms with Gasteiger partial charge in [0.15, 0.2) is 0 Å². The fourth-order valence-corrected chi connectivity index (χ4v) is 6.15. The molecule has 0 aliphatic carbocycles. The lowest BCUT2D eigenvalue weighted by atomic mass is 9.76. The van der Waals surface area contributed by atoms with E-state index in [-0.39, 0.29) is 35.5 Å². The van der Waals surface area contributed by atoms with Gasteiger partial charge in [-0.3, -0.25) is 14.4 Å². The molecule has 2 aromatic rings. The van der Waals surface area contributed by atoms with E-state index in [0.717, 1.165) is 18.7 Å². The molecule has 1 spiro atoms. The van der Waals surface area contributed by atoms with Gasteiger partial charge in [0.25, 0.3) is 5.91 Å². The maximum atomic E-state index is 13.5. The Bertz CT molecular complexity index is 1350. The molecule has 3 aliphatic rings. The van der Waals surface area contributed by atoms with Gasteiger partial charge in [0.1, 0.15) is 6.04 Å². The van der Waals surface area contributed by atoms with Crippen LogP contribution in [0.4, 0.5) is 24.5 Å². The Balaban J connectivity index is 1.45. The summed E-state index contributed by atoms with van der Waals surface area (Å²) in [5.74, 6) is -3.96. The van der Waals surface area contributed by atoms with Crippen LogP contribution in [0.3, 0.4) is 0 Å². The van der Waals surface area contributed by atoms with E-state index in [1.54, 1.807) is 24.1 Å². The normalized spacial score (nSPS) is 20.4. The number of carbonyl (C=O) groups excluding carboxylic acids is 3. The Morgan fingerprint density at radius 3 is 2.20 bits per heavy atom. The minimum absolute atomic E-state index is 0.0196. The van der Waals surface area contributed by atoms with Gasteiger partial charge < -0.3 is 25.1 Å². The van der Waals surface area contributed by atoms with Crippen molar-refractivity contribution in [2.75, 3.05) is 43.4 Å². The number of likely N-dealkylation sites (tertiary alicyclic amines) is 1. The Morgan fingerprint density at radius 1 is 0.975 bits per heavy atom. The van der Waals surface area contributed by atoms with E-state index in [9.17, 15) is 32.3 Å². The smallest absolute Gasteiger partial charge is 0.471 e. The number of aromatic carboxylic acids is 1. The monoisotopic (exact) mass is 558 g/mol. The highest BCUT2D eigenvalue weighted by Crippen LogP contribution is 2.44. The lowest BCUT2D eigenvalue weighted by Gasteiger charge is -2.42. The van der Waals surface area contributed by atoms with E-state index in [1.165, 1.54) is 24.3 Å². The number of alkyl halides is 3. The zero-order valence-electron chi connectivity index (χ0n) is 21.8. The predicted molar refractivity (Wildman–Crippen MR) is 139 cm³/mol. The number of carboxylic acid groups (broad SMARTS) is 1. The zero-order valence-corrected chi connectivity index (χ0v) is 21.8. The lowest BCUT2D eigenvalue weighted by Crippen LogP contribution is -2.50. The molecule has 1 atom stereocenters. The highest BCUT2D eigenvalue weighted by molar-refractivity contribution is 6.00. The van der Waals surface area contributed by atoms with E-state index in [2.05, 4.69) is 10.2 Å². The summed E-state index contributed by atoms with van der Waals surface area (Å²) in [6.07, 6.45) is -2.91. The van der Waals surface area contributed by atoms with E-state index in [0.29, 0.717) is 42.0 Å². The van der Waals surface area contributed by atoms with Crippen LogP contribution in [0, 0.1) is 5.41 Å². The number of piperidine rings is 1. The highest BCUT2D eigenvalue weighted by atomic mass is 19.4. The van der Waals surface area contributed by atoms with Crippen LogP contribution < -0.4 is 10.2 Å². The van der Waals surface area contributed by atoms with E-state index < -0.39 is 30.0 Å². The number of carboxylic acids is 1. The Morgan fingerprint density at radius 2 is 1.62 bits per heavy atom. The first-order valence-corrected chi connectivity index (χ1v) is 13.1. The van der Waals surface area contributed by atoms with Crippen LogP contribution in [-0.4, -0.2) is 78.0 Å². The fourth-order valence-electron chi connectivity index (χ4n) is 6.15. The molecule has 0 saturated carbocycles. The van der Waals surface area contributed by atoms with E-state index in [4.69, 9.17) is 5.11 Å². The molecule has 1 unspecified atom stereocenters. The molecule has 0 aromatic heterocycles. The standard InChI is InChI=1S/C28H29F3N4O5/c1-33-14-10-27(25(33)39)11-15-34(16-12-27)21-4-2-3-20-19(21)9-13-35(26(40)28(29,30)31)22(20)23(36)32-18-7-5-17(6-8-18)24(37)38/h2-8,22H,9-16H2,1H3,(H,32,36)(H,37,38). The van der Waals surface area contributed by atoms with Crippen molar-refractivity contribution in [3.8, 4) is 0 Å². The summed E-state index contributed by atoms with van der Waals surface area (Å²) >= 11 is 0. The van der Waals surface area contributed by atoms with E-state index in [1.807, 2.05) is 6.07 Å². The van der Waals surface area contributed by atoms with Crippen LogP contribution in [0.1, 0.15) is 46.8 Å². The number of hydrogen-bond acceptors (Lipinski definition) is 5. The van der Waals surface area contributed by atoms with Gasteiger partial charge in [-0.15, -0.1) is 0 Å². The molecular formula is C28H29F3N4O5. The van der Waals surface area contributed by atoms with Gasteiger partial charge in [-0.1, -0.05) is 12.1 Å². The second-order valence-electron chi connectivity index (χ2n) is 10.6. The molecule has 3 amide bonds. The maximum absolute atomic E-state index is 13.5. The summed E-state index contributed by atoms with van der Waals surface area (Å²) in [5, 5.41) is 11.6. The molecule has 2 fully saturated rings. The van der Waals surface area contributed by atoms with Crippen LogP contribution >= 0.6 is 0 Å². The van der Waals surface area contributed by atoms with Crippen molar-refractivity contribution in [3.63, 3.8) is 0 Å². The number of benzene rings is 2. The van der Waals surface area contributed by atoms with Crippen LogP contribution in [0.15, 0.2) is 42.5 Å². The minimum atomic E-state index is -5.17. The number of rotatable bonds is 4. The number of halogens is 3. The van der Waals surface area contributed by atoms with Crippen molar-refractivity contribution < 1.29 is 37.5 Å². The number of anilines is 2. The molecule has 3 heterocycles. The van der Waals surface area contributed by atoms with Gasteiger partial charge in [0.05, 0.1) is 11.0 Å². The summed E-state index contributed by atoms with van der Waals surface area (Å²) < 4.78 is 40.6. The molecule has 40 heavy (non-hydrogen) atoms. The molecule has 2 saturated heterocycles. The van der Waals surface area contributed by atoms with Crippen molar-refractivity contribution in [1.82, 2.24) is 9.80 Å². The summed E-state index contributed by atoms with van der Waals surface area (Å²) in [6, 6.07) is 8.74. The third kappa shape index (κ3) is 4.86. The Labute approximate surface area is 228 Å². The molecule has 212 valence electrons. The van der Waals surface area contributed by atoms with Gasteiger partial charge in [0, 0.05) is 44.6 Å². The predicted octanol–water partition coefficient (Wildman–Crippen LogP) is 3.46. The summed E-state index contributed by atoms with van der Waals surface area (Å²) in [6.45, 7) is 1.60. The molecule has 0 radical (unpaired) electrons. The maximum Gasteiger partial charge on any atom is 0.471 e. The third-order valence-electron chi connectivity index (χ3n) is 8.33. The van der Waals surface area contributed by atoms with Gasteiger partial charge in [-0.05, 0) is 67.1 Å². The molecule has 5 rings (SSSR count). The third-order valence-corrected chi connectivity index (χ3v) is 8.33. The fraction of sp³-hybridized carbons (Fsp3) is 0.429.